The maximum absolute atomic E-state index is 12.1. The van der Waals surface area contributed by atoms with E-state index in [2.05, 4.69) is 10.6 Å². The van der Waals surface area contributed by atoms with Crippen LogP contribution in [0.3, 0.4) is 0 Å². The lowest BCUT2D eigenvalue weighted by molar-refractivity contribution is -0.384. The Bertz CT molecular complexity index is 740. The first-order valence-electron chi connectivity index (χ1n) is 7.64. The van der Waals surface area contributed by atoms with Gasteiger partial charge in [-0.2, -0.15) is 0 Å². The van der Waals surface area contributed by atoms with Crippen LogP contribution in [0.15, 0.2) is 53.4 Å². The Morgan fingerprint density at radius 2 is 1.88 bits per heavy atom. The Hall–Kier alpha value is -2.25. The smallest absolute Gasteiger partial charge is 0.292 e. The summed E-state index contributed by atoms with van der Waals surface area (Å²) < 4.78 is 0. The summed E-state index contributed by atoms with van der Waals surface area (Å²) in [6.07, 6.45) is 0. The summed E-state index contributed by atoms with van der Waals surface area (Å²) in [6.45, 7) is 2.59. The van der Waals surface area contributed by atoms with Crippen LogP contribution in [0.1, 0.15) is 6.92 Å². The van der Waals surface area contributed by atoms with Gasteiger partial charge in [0.1, 0.15) is 5.69 Å². The number of nitrogens with zero attached hydrogens (tertiary/aromatic N) is 1. The van der Waals surface area contributed by atoms with E-state index in [1.165, 1.54) is 17.8 Å². The third-order valence-corrected chi connectivity index (χ3v) is 4.70. The number of halogens is 1. The molecule has 0 bridgehead atoms. The minimum atomic E-state index is -0.439. The maximum atomic E-state index is 12.1. The number of rotatable bonds is 8. The number of amides is 1. The lowest BCUT2D eigenvalue weighted by atomic mass is 10.2. The van der Waals surface area contributed by atoms with Crippen molar-refractivity contribution < 1.29 is 9.72 Å². The average molecular weight is 380 g/mol. The largest absolute Gasteiger partial charge is 0.378 e. The van der Waals surface area contributed by atoms with Crippen molar-refractivity contribution >= 4 is 40.6 Å². The second kappa shape index (κ2) is 9.29. The van der Waals surface area contributed by atoms with Gasteiger partial charge >= 0.3 is 0 Å². The molecule has 0 unspecified atom stereocenters. The zero-order chi connectivity index (χ0) is 18.2. The Morgan fingerprint density at radius 1 is 1.20 bits per heavy atom. The average Bonchev–Trinajstić information content (AvgIpc) is 2.60. The number of para-hydroxylation sites is 2. The van der Waals surface area contributed by atoms with E-state index in [0.717, 1.165) is 4.90 Å². The minimum Gasteiger partial charge on any atom is -0.378 e. The molecule has 1 atom stereocenters. The van der Waals surface area contributed by atoms with Crippen LogP contribution in [0.2, 0.25) is 5.02 Å². The topological polar surface area (TPSA) is 84.3 Å². The van der Waals surface area contributed by atoms with Crippen LogP contribution in [-0.2, 0) is 4.79 Å². The van der Waals surface area contributed by atoms with Crippen LogP contribution < -0.4 is 10.6 Å². The van der Waals surface area contributed by atoms with Crippen molar-refractivity contribution in [1.82, 2.24) is 5.32 Å². The van der Waals surface area contributed by atoms with Gasteiger partial charge in [0.05, 0.1) is 10.2 Å². The summed E-state index contributed by atoms with van der Waals surface area (Å²) in [7, 11) is 0. The van der Waals surface area contributed by atoms with Gasteiger partial charge in [-0.05, 0) is 37.3 Å². The number of carbonyl (C=O) groups is 1. The van der Waals surface area contributed by atoms with Crippen LogP contribution in [0, 0.1) is 10.1 Å². The molecule has 25 heavy (non-hydrogen) atoms. The number of anilines is 1. The molecule has 2 aromatic carbocycles. The number of hydrogen-bond acceptors (Lipinski definition) is 5. The highest BCUT2D eigenvalue weighted by Gasteiger charge is 2.14. The molecule has 0 aliphatic rings. The SMILES string of the molecule is C[C@H](Sc1ccc(Cl)cc1)C(=O)NCCNc1ccccc1[N+](=O)[O-]. The molecule has 0 aliphatic carbocycles. The third-order valence-electron chi connectivity index (χ3n) is 3.34. The number of nitrogens with one attached hydrogen (secondary N) is 2. The van der Waals surface area contributed by atoms with Gasteiger partial charge in [0.2, 0.25) is 5.91 Å². The standard InChI is InChI=1S/C17H18ClN3O3S/c1-12(25-14-8-6-13(18)7-9-14)17(22)20-11-10-19-15-4-2-3-5-16(15)21(23)24/h2-9,12,19H,10-11H2,1H3,(H,20,22)/t12-/m0/s1. The fourth-order valence-corrected chi connectivity index (χ4v) is 3.10. The zero-order valence-electron chi connectivity index (χ0n) is 13.6. The Balaban J connectivity index is 1.76. The number of benzene rings is 2. The van der Waals surface area contributed by atoms with E-state index < -0.39 is 4.92 Å². The molecule has 2 N–H and O–H groups in total. The van der Waals surface area contributed by atoms with Crippen molar-refractivity contribution in [3.63, 3.8) is 0 Å². The molecule has 1 amide bonds. The second-order valence-electron chi connectivity index (χ2n) is 5.21. The highest BCUT2D eigenvalue weighted by atomic mass is 35.5. The normalized spacial score (nSPS) is 11.6. The van der Waals surface area contributed by atoms with Crippen LogP contribution in [0.5, 0.6) is 0 Å². The predicted molar refractivity (Wildman–Crippen MR) is 101 cm³/mol. The molecule has 6 nitrogen and oxygen atoms in total. The van der Waals surface area contributed by atoms with Crippen molar-refractivity contribution in [1.29, 1.82) is 0 Å². The third kappa shape index (κ3) is 5.95. The molecular formula is C17H18ClN3O3S. The van der Waals surface area contributed by atoms with E-state index in [-0.39, 0.29) is 16.8 Å². The van der Waals surface area contributed by atoms with Gasteiger partial charge in [0.25, 0.3) is 5.69 Å². The fourth-order valence-electron chi connectivity index (χ4n) is 2.08. The van der Waals surface area contributed by atoms with Gasteiger partial charge < -0.3 is 10.6 Å². The van der Waals surface area contributed by atoms with Crippen molar-refractivity contribution in [3.8, 4) is 0 Å². The molecule has 0 heterocycles. The maximum Gasteiger partial charge on any atom is 0.292 e. The molecule has 0 aliphatic heterocycles. The Morgan fingerprint density at radius 3 is 2.56 bits per heavy atom. The number of nitro benzene ring substituents is 1. The number of thioether (sulfide) groups is 1. The predicted octanol–water partition coefficient (Wildman–Crippen LogP) is 3.96. The van der Waals surface area contributed by atoms with Gasteiger partial charge in [-0.1, -0.05) is 23.7 Å². The number of nitro groups is 1. The minimum absolute atomic E-state index is 0.0143. The summed E-state index contributed by atoms with van der Waals surface area (Å²) in [4.78, 5) is 23.6. The molecule has 0 spiro atoms. The first-order chi connectivity index (χ1) is 12.0. The molecule has 2 rings (SSSR count). The molecule has 0 saturated carbocycles. The van der Waals surface area contributed by atoms with Crippen LogP contribution in [-0.4, -0.2) is 29.2 Å². The van der Waals surface area contributed by atoms with E-state index in [4.69, 9.17) is 11.6 Å². The summed E-state index contributed by atoms with van der Waals surface area (Å²) in [6, 6.07) is 13.7. The summed E-state index contributed by atoms with van der Waals surface area (Å²) in [5.74, 6) is -0.0932. The Kier molecular flexibility index (Phi) is 7.09. The lowest BCUT2D eigenvalue weighted by Gasteiger charge is -2.13. The van der Waals surface area contributed by atoms with Gasteiger partial charge in [0.15, 0.2) is 0 Å². The second-order valence-corrected chi connectivity index (χ2v) is 7.06. The molecule has 2 aromatic rings. The van der Waals surface area contributed by atoms with Gasteiger partial charge in [-0.15, -0.1) is 11.8 Å². The summed E-state index contributed by atoms with van der Waals surface area (Å²) >= 11 is 7.28. The summed E-state index contributed by atoms with van der Waals surface area (Å²) in [5.41, 5.74) is 0.450. The Labute approximate surface area is 155 Å². The van der Waals surface area contributed by atoms with E-state index in [1.54, 1.807) is 30.3 Å². The number of hydrogen-bond donors (Lipinski definition) is 2. The quantitative estimate of drug-likeness (QED) is 0.314. The molecule has 132 valence electrons. The van der Waals surface area contributed by atoms with Crippen molar-refractivity contribution in [2.75, 3.05) is 18.4 Å². The molecule has 0 saturated heterocycles. The van der Waals surface area contributed by atoms with E-state index >= 15 is 0 Å². The van der Waals surface area contributed by atoms with Gasteiger partial charge in [-0.25, -0.2) is 0 Å². The van der Waals surface area contributed by atoms with E-state index in [9.17, 15) is 14.9 Å². The van der Waals surface area contributed by atoms with Crippen molar-refractivity contribution in [2.24, 2.45) is 0 Å². The van der Waals surface area contributed by atoms with Crippen molar-refractivity contribution in [3.05, 3.63) is 63.7 Å². The highest BCUT2D eigenvalue weighted by Crippen LogP contribution is 2.25. The molecule has 0 fully saturated rings. The highest BCUT2D eigenvalue weighted by molar-refractivity contribution is 8.00. The monoisotopic (exact) mass is 379 g/mol. The molecular weight excluding hydrogens is 362 g/mol. The van der Waals surface area contributed by atoms with Crippen LogP contribution in [0.25, 0.3) is 0 Å². The van der Waals surface area contributed by atoms with E-state index in [0.29, 0.717) is 23.8 Å². The lowest BCUT2D eigenvalue weighted by Crippen LogP contribution is -2.34. The fraction of sp³-hybridized carbons (Fsp3) is 0.235. The molecule has 8 heteroatoms. The van der Waals surface area contributed by atoms with Gasteiger partial charge in [-0.3, -0.25) is 14.9 Å². The molecule has 0 radical (unpaired) electrons. The number of carbonyl (C=O) groups excluding carboxylic acids is 1. The van der Waals surface area contributed by atoms with Crippen molar-refractivity contribution in [2.45, 2.75) is 17.1 Å². The summed E-state index contributed by atoms with van der Waals surface area (Å²) in [5, 5.41) is 17.1. The van der Waals surface area contributed by atoms with Gasteiger partial charge in [0, 0.05) is 29.1 Å². The van der Waals surface area contributed by atoms with E-state index in [1.807, 2.05) is 19.1 Å². The molecule has 0 aromatic heterocycles. The zero-order valence-corrected chi connectivity index (χ0v) is 15.1. The van der Waals surface area contributed by atoms with Crippen LogP contribution in [0.4, 0.5) is 11.4 Å². The first-order valence-corrected chi connectivity index (χ1v) is 8.90. The van der Waals surface area contributed by atoms with Crippen LogP contribution >= 0.6 is 23.4 Å². The first kappa shape index (κ1) is 19.1.